The molecule has 0 spiro atoms. The molecule has 0 unspecified atom stereocenters. The number of aliphatic hydroxyl groups excluding tert-OH is 1. The molecule has 1 aromatic carbocycles. The molecule has 14 nitrogen and oxygen atoms in total. The molecule has 228 valence electrons. The zero-order valence-corrected chi connectivity index (χ0v) is 24.5. The highest BCUT2D eigenvalue weighted by Gasteiger charge is 2.57. The molecule has 17 heteroatoms. The molecular weight excluding hydrogens is 596 g/mol. The highest BCUT2D eigenvalue weighted by atomic mass is 35.5. The number of nitrogen functional groups attached to an aromatic ring is 1. The number of rotatable bonds is 13. The van der Waals surface area contributed by atoms with E-state index in [1.807, 2.05) is 0 Å². The van der Waals surface area contributed by atoms with Crippen molar-refractivity contribution in [3.05, 3.63) is 36.7 Å². The molecule has 0 radical (unpaired) electrons. The lowest BCUT2D eigenvalue weighted by Crippen LogP contribution is -2.44. The maximum absolute atomic E-state index is 14.5. The fourth-order valence-corrected chi connectivity index (χ4v) is 6.25. The van der Waals surface area contributed by atoms with Crippen molar-refractivity contribution in [2.24, 2.45) is 0 Å². The number of halogens is 2. The number of alkyl halides is 2. The van der Waals surface area contributed by atoms with Gasteiger partial charge in [0.2, 0.25) is 5.95 Å². The Morgan fingerprint density at radius 3 is 2.76 bits per heavy atom. The summed E-state index contributed by atoms with van der Waals surface area (Å²) in [7, 11) is -4.29. The lowest BCUT2D eigenvalue weighted by molar-refractivity contribution is -0.144. The highest BCUT2D eigenvalue weighted by molar-refractivity contribution is 7.52. The fourth-order valence-electron chi connectivity index (χ4n) is 4.45. The predicted octanol–water partition coefficient (Wildman–Crippen LogP) is 2.93. The van der Waals surface area contributed by atoms with Crippen molar-refractivity contribution in [1.82, 2.24) is 24.6 Å². The van der Waals surface area contributed by atoms with Crippen molar-refractivity contribution >= 4 is 48.2 Å². The number of nitrogens with one attached hydrogen (secondary N) is 2. The molecule has 3 heterocycles. The van der Waals surface area contributed by atoms with Gasteiger partial charge in [-0.3, -0.25) is 13.9 Å². The van der Waals surface area contributed by atoms with Gasteiger partial charge in [0.1, 0.15) is 35.5 Å². The number of aliphatic hydroxyl groups is 1. The second-order valence-electron chi connectivity index (χ2n) is 10.0. The molecule has 5 N–H and O–H groups in total. The molecule has 2 aromatic heterocycles. The summed E-state index contributed by atoms with van der Waals surface area (Å²) in [6.45, 7) is 1.40. The van der Waals surface area contributed by atoms with Gasteiger partial charge < -0.3 is 30.2 Å². The van der Waals surface area contributed by atoms with E-state index < -0.39 is 56.3 Å². The van der Waals surface area contributed by atoms with Crippen molar-refractivity contribution < 1.29 is 37.4 Å². The number of hydrogen-bond acceptors (Lipinski definition) is 12. The smallest absolute Gasteiger partial charge is 0.459 e. The number of ether oxygens (including phenoxy) is 2. The maximum atomic E-state index is 14.5. The maximum Gasteiger partial charge on any atom is 0.459 e. The van der Waals surface area contributed by atoms with E-state index in [-0.39, 0.29) is 30.0 Å². The minimum absolute atomic E-state index is 0.0490. The molecule has 2 fully saturated rings. The van der Waals surface area contributed by atoms with E-state index in [4.69, 9.17) is 35.9 Å². The third-order valence-corrected chi connectivity index (χ3v) is 8.90. The van der Waals surface area contributed by atoms with Gasteiger partial charge in [0.05, 0.1) is 19.5 Å². The molecular formula is C25H32ClFN7O7P. The first-order valence-corrected chi connectivity index (χ1v) is 15.3. The number of carbonyl (C=O) groups is 1. The Morgan fingerprint density at radius 1 is 1.36 bits per heavy atom. The number of carbonyl (C=O) groups excluding carboxylic acids is 1. The van der Waals surface area contributed by atoms with E-state index in [0.717, 1.165) is 12.8 Å². The molecule has 0 amide bonds. The summed E-state index contributed by atoms with van der Waals surface area (Å²) in [5.41, 5.74) is 6.51. The van der Waals surface area contributed by atoms with E-state index in [9.17, 15) is 18.9 Å². The minimum Gasteiger partial charge on any atom is -0.465 e. The van der Waals surface area contributed by atoms with Gasteiger partial charge in [0, 0.05) is 6.04 Å². The standard InChI is InChI=1S/C25H32ClFN7O7P/c1-3-38-22(36)14(2)33-42(37,41-16-7-5-4-6-8-16)39-11-17-19(35)25(26,12-27)23(40-17)34-13-29-18-20(30-15-9-10-15)31-24(28)32-21(18)34/h4-8,13-15,17,19,23,35H,3,9-12H2,1-2H3,(H,33,37)(H3,28,30,31,32)/t14-,17+,19+,23+,25+,42+/m0/s1. The van der Waals surface area contributed by atoms with Crippen molar-refractivity contribution in [2.45, 2.75) is 62.1 Å². The number of imidazole rings is 1. The van der Waals surface area contributed by atoms with Gasteiger partial charge in [-0.25, -0.2) is 13.9 Å². The Morgan fingerprint density at radius 2 is 2.10 bits per heavy atom. The third kappa shape index (κ3) is 6.31. The number of anilines is 2. The van der Waals surface area contributed by atoms with Gasteiger partial charge in [-0.2, -0.15) is 15.1 Å². The quantitative estimate of drug-likeness (QED) is 0.123. The van der Waals surface area contributed by atoms with Crippen molar-refractivity contribution in [3.63, 3.8) is 0 Å². The molecule has 2 aliphatic rings. The van der Waals surface area contributed by atoms with Gasteiger partial charge in [-0.1, -0.05) is 18.2 Å². The molecule has 5 rings (SSSR count). The molecule has 0 bridgehead atoms. The lowest BCUT2D eigenvalue weighted by atomic mass is 10.0. The van der Waals surface area contributed by atoms with Crippen molar-refractivity contribution in [2.75, 3.05) is 30.9 Å². The van der Waals surface area contributed by atoms with E-state index in [1.54, 1.807) is 37.3 Å². The van der Waals surface area contributed by atoms with Crippen LogP contribution in [0.2, 0.25) is 0 Å². The fraction of sp³-hybridized carbons (Fsp3) is 0.520. The van der Waals surface area contributed by atoms with Crippen LogP contribution in [-0.2, 0) is 23.4 Å². The van der Waals surface area contributed by atoms with Crippen LogP contribution in [0.25, 0.3) is 11.2 Å². The second-order valence-corrected chi connectivity index (χ2v) is 12.4. The molecule has 6 atom stereocenters. The van der Waals surface area contributed by atoms with E-state index in [2.05, 4.69) is 25.4 Å². The minimum atomic E-state index is -4.29. The summed E-state index contributed by atoms with van der Waals surface area (Å²) in [5, 5.41) is 16.9. The van der Waals surface area contributed by atoms with Crippen LogP contribution in [0.15, 0.2) is 36.7 Å². The molecule has 42 heavy (non-hydrogen) atoms. The number of fused-ring (bicyclic) bond motifs is 1. The van der Waals surface area contributed by atoms with Crippen LogP contribution in [0.3, 0.4) is 0 Å². The SMILES string of the molecule is CCOC(=O)[C@H](C)N[P@@](=O)(OC[C@H]1O[C@@H](n2cnc3c(NC4CC4)nc(N)nc32)[C@@](Cl)(CF)[C@@H]1O)Oc1ccccc1. The molecule has 3 aromatic rings. The number of nitrogens with two attached hydrogens (primary N) is 1. The number of benzene rings is 1. The summed E-state index contributed by atoms with van der Waals surface area (Å²) < 4.78 is 51.9. The third-order valence-electron chi connectivity index (χ3n) is 6.74. The normalized spacial score (nSPS) is 26.1. The molecule has 1 aliphatic heterocycles. The average Bonchev–Trinajstić information content (AvgIpc) is 3.62. The first kappa shape index (κ1) is 30.4. The van der Waals surface area contributed by atoms with Gasteiger partial charge in [0.25, 0.3) is 0 Å². The second kappa shape index (κ2) is 12.3. The first-order valence-electron chi connectivity index (χ1n) is 13.4. The van der Waals surface area contributed by atoms with Crippen LogP contribution in [-0.4, -0.2) is 79.6 Å². The van der Waals surface area contributed by atoms with Crippen LogP contribution in [0.5, 0.6) is 5.75 Å². The Kier molecular flexibility index (Phi) is 8.88. The van der Waals surface area contributed by atoms with Gasteiger partial charge in [-0.05, 0) is 38.8 Å². The van der Waals surface area contributed by atoms with Crippen LogP contribution in [0.1, 0.15) is 32.9 Å². The van der Waals surface area contributed by atoms with Crippen LogP contribution in [0.4, 0.5) is 16.2 Å². The summed E-state index contributed by atoms with van der Waals surface area (Å²) in [4.78, 5) is 23.1. The number of esters is 1. The monoisotopic (exact) mass is 627 g/mol. The molecule has 1 saturated carbocycles. The molecule has 1 saturated heterocycles. The van der Waals surface area contributed by atoms with Crippen LogP contribution < -0.4 is 20.7 Å². The van der Waals surface area contributed by atoms with Crippen LogP contribution >= 0.6 is 19.3 Å². The van der Waals surface area contributed by atoms with Crippen molar-refractivity contribution in [1.29, 1.82) is 0 Å². The van der Waals surface area contributed by atoms with Gasteiger partial charge in [-0.15, -0.1) is 11.6 Å². The Bertz CT molecular complexity index is 1470. The molecule has 1 aliphatic carbocycles. The van der Waals surface area contributed by atoms with Gasteiger partial charge >= 0.3 is 13.7 Å². The Labute approximate surface area is 245 Å². The summed E-state index contributed by atoms with van der Waals surface area (Å²) in [6, 6.07) is 7.29. The van der Waals surface area contributed by atoms with E-state index in [0.29, 0.717) is 11.3 Å². The number of aromatic nitrogens is 4. The first-order chi connectivity index (χ1) is 20.1. The average molecular weight is 628 g/mol. The lowest BCUT2D eigenvalue weighted by Gasteiger charge is -2.27. The summed E-state index contributed by atoms with van der Waals surface area (Å²) >= 11 is 6.65. The Balaban J connectivity index is 1.39. The number of para-hydroxylation sites is 1. The summed E-state index contributed by atoms with van der Waals surface area (Å²) in [6.07, 6.45) is -0.940. The largest absolute Gasteiger partial charge is 0.465 e. The summed E-state index contributed by atoms with van der Waals surface area (Å²) in [5.74, 6) is -0.134. The van der Waals surface area contributed by atoms with Gasteiger partial charge in [0.15, 0.2) is 23.2 Å². The predicted molar refractivity (Wildman–Crippen MR) is 151 cm³/mol. The number of hydrogen-bond donors (Lipinski definition) is 4. The van der Waals surface area contributed by atoms with E-state index >= 15 is 0 Å². The zero-order chi connectivity index (χ0) is 30.1. The number of nitrogens with zero attached hydrogens (tertiary/aromatic N) is 4. The van der Waals surface area contributed by atoms with Crippen molar-refractivity contribution in [3.8, 4) is 5.75 Å². The van der Waals surface area contributed by atoms with Crippen LogP contribution in [0, 0.1) is 0 Å². The highest BCUT2D eigenvalue weighted by Crippen LogP contribution is 2.49. The van der Waals surface area contributed by atoms with E-state index in [1.165, 1.54) is 17.8 Å². The topological polar surface area (TPSA) is 185 Å². The Hall–Kier alpha value is -3.07. The zero-order valence-electron chi connectivity index (χ0n) is 22.9.